The van der Waals surface area contributed by atoms with E-state index in [-0.39, 0.29) is 11.4 Å². The number of nitro benzene ring substituents is 1. The zero-order chi connectivity index (χ0) is 16.4. The molecular formula is C12H9Br3N4O3. The summed E-state index contributed by atoms with van der Waals surface area (Å²) < 4.78 is 2.99. The highest BCUT2D eigenvalue weighted by Gasteiger charge is 2.19. The average molecular weight is 497 g/mol. The molecule has 1 aromatic carbocycles. The molecule has 1 N–H and O–H groups in total. The SMILES string of the molecule is CCn1cc(Br)c(C(=O)Nc2c(Br)cc([N+](=O)[O-])cc2Br)n1. The Labute approximate surface area is 150 Å². The number of aryl methyl sites for hydroxylation is 1. The molecule has 0 aliphatic carbocycles. The molecule has 22 heavy (non-hydrogen) atoms. The zero-order valence-electron chi connectivity index (χ0n) is 11.1. The molecule has 0 saturated carbocycles. The van der Waals surface area contributed by atoms with Crippen molar-refractivity contribution in [3.8, 4) is 0 Å². The molecule has 1 aromatic heterocycles. The van der Waals surface area contributed by atoms with Crippen LogP contribution in [0.3, 0.4) is 0 Å². The van der Waals surface area contributed by atoms with Crippen molar-refractivity contribution in [3.05, 3.63) is 47.6 Å². The number of nitrogens with zero attached hydrogens (tertiary/aromatic N) is 3. The fraction of sp³-hybridized carbons (Fsp3) is 0.167. The highest BCUT2D eigenvalue weighted by molar-refractivity contribution is 9.11. The minimum atomic E-state index is -0.513. The van der Waals surface area contributed by atoms with Crippen molar-refractivity contribution in [2.24, 2.45) is 0 Å². The Morgan fingerprint density at radius 1 is 1.32 bits per heavy atom. The number of carbonyl (C=O) groups excluding carboxylic acids is 1. The van der Waals surface area contributed by atoms with Crippen molar-refractivity contribution in [3.63, 3.8) is 0 Å². The number of halogens is 3. The van der Waals surface area contributed by atoms with Crippen LogP contribution in [-0.4, -0.2) is 20.6 Å². The van der Waals surface area contributed by atoms with Gasteiger partial charge in [-0.15, -0.1) is 0 Å². The molecule has 116 valence electrons. The molecular weight excluding hydrogens is 488 g/mol. The first-order valence-corrected chi connectivity index (χ1v) is 8.39. The lowest BCUT2D eigenvalue weighted by molar-refractivity contribution is -0.385. The average Bonchev–Trinajstić information content (AvgIpc) is 2.83. The maximum atomic E-state index is 12.3. The number of nitro groups is 1. The van der Waals surface area contributed by atoms with E-state index in [9.17, 15) is 14.9 Å². The first kappa shape index (κ1) is 17.1. The van der Waals surface area contributed by atoms with Gasteiger partial charge in [0.25, 0.3) is 11.6 Å². The van der Waals surface area contributed by atoms with Crippen LogP contribution < -0.4 is 5.32 Å². The van der Waals surface area contributed by atoms with Crippen LogP contribution in [-0.2, 0) is 6.54 Å². The fourth-order valence-corrected chi connectivity index (χ4v) is 3.53. The highest BCUT2D eigenvalue weighted by Crippen LogP contribution is 2.35. The number of carbonyl (C=O) groups is 1. The summed E-state index contributed by atoms with van der Waals surface area (Å²) in [6.07, 6.45) is 1.70. The van der Waals surface area contributed by atoms with Crippen LogP contribution in [0.1, 0.15) is 17.4 Å². The van der Waals surface area contributed by atoms with Gasteiger partial charge in [0.2, 0.25) is 0 Å². The van der Waals surface area contributed by atoms with Gasteiger partial charge in [0.1, 0.15) is 0 Å². The molecule has 2 rings (SSSR count). The third kappa shape index (κ3) is 3.55. The minimum Gasteiger partial charge on any atom is -0.319 e. The van der Waals surface area contributed by atoms with E-state index in [2.05, 4.69) is 58.2 Å². The van der Waals surface area contributed by atoms with Gasteiger partial charge in [-0.1, -0.05) is 0 Å². The van der Waals surface area contributed by atoms with E-state index < -0.39 is 10.8 Å². The normalized spacial score (nSPS) is 10.5. The van der Waals surface area contributed by atoms with Crippen LogP contribution in [0.5, 0.6) is 0 Å². The van der Waals surface area contributed by atoms with Gasteiger partial charge >= 0.3 is 0 Å². The van der Waals surface area contributed by atoms with Crippen LogP contribution in [0.2, 0.25) is 0 Å². The van der Waals surface area contributed by atoms with E-state index in [4.69, 9.17) is 0 Å². The third-order valence-corrected chi connectivity index (χ3v) is 4.56. The molecule has 2 aromatic rings. The summed E-state index contributed by atoms with van der Waals surface area (Å²) in [5, 5.41) is 17.6. The van der Waals surface area contributed by atoms with Gasteiger partial charge in [0.05, 0.1) is 15.1 Å². The number of hydrogen-bond acceptors (Lipinski definition) is 4. The molecule has 0 spiro atoms. The number of rotatable bonds is 4. The minimum absolute atomic E-state index is 0.0896. The first-order valence-electron chi connectivity index (χ1n) is 6.01. The Balaban J connectivity index is 2.32. The maximum Gasteiger partial charge on any atom is 0.277 e. The van der Waals surface area contributed by atoms with E-state index in [1.54, 1.807) is 10.9 Å². The molecule has 0 unspecified atom stereocenters. The number of nitrogens with one attached hydrogen (secondary N) is 1. The van der Waals surface area contributed by atoms with Gasteiger partial charge in [-0.2, -0.15) is 5.10 Å². The number of amides is 1. The Morgan fingerprint density at radius 2 is 1.91 bits per heavy atom. The van der Waals surface area contributed by atoms with Crippen LogP contribution in [0.25, 0.3) is 0 Å². The molecule has 0 bridgehead atoms. The Bertz CT molecular complexity index is 737. The van der Waals surface area contributed by atoms with Gasteiger partial charge in [0, 0.05) is 33.8 Å². The predicted molar refractivity (Wildman–Crippen MR) is 92.1 cm³/mol. The quantitative estimate of drug-likeness (QED) is 0.503. The van der Waals surface area contributed by atoms with Crippen LogP contribution in [0.15, 0.2) is 31.7 Å². The standard InChI is InChI=1S/C12H9Br3N4O3/c1-2-18-5-9(15)11(17-18)12(20)16-10-7(13)3-6(19(21)22)4-8(10)14/h3-5H,2H2,1H3,(H,16,20). The smallest absolute Gasteiger partial charge is 0.277 e. The number of non-ortho nitro benzene ring substituents is 1. The molecule has 10 heteroatoms. The largest absolute Gasteiger partial charge is 0.319 e. The maximum absolute atomic E-state index is 12.3. The monoisotopic (exact) mass is 494 g/mol. The number of benzene rings is 1. The van der Waals surface area contributed by atoms with Crippen molar-refractivity contribution in [1.82, 2.24) is 9.78 Å². The van der Waals surface area contributed by atoms with E-state index in [0.29, 0.717) is 25.7 Å². The molecule has 0 atom stereocenters. The fourth-order valence-electron chi connectivity index (χ4n) is 1.67. The van der Waals surface area contributed by atoms with Crippen molar-refractivity contribution in [1.29, 1.82) is 0 Å². The molecule has 0 aliphatic rings. The molecule has 1 heterocycles. The van der Waals surface area contributed by atoms with E-state index in [1.165, 1.54) is 12.1 Å². The third-order valence-electron chi connectivity index (χ3n) is 2.73. The van der Waals surface area contributed by atoms with Crippen LogP contribution in [0.4, 0.5) is 11.4 Å². The molecule has 0 saturated heterocycles. The topological polar surface area (TPSA) is 90.1 Å². The second kappa shape index (κ2) is 6.88. The van der Waals surface area contributed by atoms with Gasteiger partial charge < -0.3 is 5.32 Å². The van der Waals surface area contributed by atoms with Crippen molar-refractivity contribution >= 4 is 65.1 Å². The van der Waals surface area contributed by atoms with Crippen molar-refractivity contribution in [2.75, 3.05) is 5.32 Å². The predicted octanol–water partition coefficient (Wildman–Crippen LogP) is 4.35. The number of anilines is 1. The molecule has 1 amide bonds. The lowest BCUT2D eigenvalue weighted by atomic mass is 10.2. The van der Waals surface area contributed by atoms with Crippen molar-refractivity contribution < 1.29 is 9.72 Å². The van der Waals surface area contributed by atoms with Crippen LogP contribution in [0, 0.1) is 10.1 Å². The summed E-state index contributed by atoms with van der Waals surface area (Å²) in [6, 6.07) is 2.64. The molecule has 0 aliphatic heterocycles. The second-order valence-electron chi connectivity index (χ2n) is 4.18. The van der Waals surface area contributed by atoms with Gasteiger partial charge in [-0.3, -0.25) is 19.6 Å². The van der Waals surface area contributed by atoms with Gasteiger partial charge in [0.15, 0.2) is 5.69 Å². The number of hydrogen-bond donors (Lipinski definition) is 1. The summed E-state index contributed by atoms with van der Waals surface area (Å²) >= 11 is 9.72. The molecule has 0 radical (unpaired) electrons. The van der Waals surface area contributed by atoms with E-state index >= 15 is 0 Å². The Kier molecular flexibility index (Phi) is 5.35. The van der Waals surface area contributed by atoms with E-state index in [0.717, 1.165) is 0 Å². The van der Waals surface area contributed by atoms with Crippen molar-refractivity contribution in [2.45, 2.75) is 13.5 Å². The summed E-state index contributed by atoms with van der Waals surface area (Å²) in [4.78, 5) is 22.6. The second-order valence-corrected chi connectivity index (χ2v) is 6.74. The van der Waals surface area contributed by atoms with E-state index in [1.807, 2.05) is 6.92 Å². The zero-order valence-corrected chi connectivity index (χ0v) is 15.9. The van der Waals surface area contributed by atoms with Gasteiger partial charge in [-0.05, 0) is 54.7 Å². The Hall–Kier alpha value is -1.26. The summed E-state index contributed by atoms with van der Waals surface area (Å²) in [5.41, 5.74) is 0.542. The van der Waals surface area contributed by atoms with Gasteiger partial charge in [-0.25, -0.2) is 0 Å². The first-order chi connectivity index (χ1) is 10.3. The number of aromatic nitrogens is 2. The molecule has 7 nitrogen and oxygen atoms in total. The summed E-state index contributed by atoms with van der Waals surface area (Å²) in [7, 11) is 0. The lowest BCUT2D eigenvalue weighted by Crippen LogP contribution is -2.14. The Morgan fingerprint density at radius 3 is 2.36 bits per heavy atom. The summed E-state index contributed by atoms with van der Waals surface area (Å²) in [5.74, 6) is -0.422. The highest BCUT2D eigenvalue weighted by atomic mass is 79.9. The van der Waals surface area contributed by atoms with Crippen LogP contribution >= 0.6 is 47.8 Å². The lowest BCUT2D eigenvalue weighted by Gasteiger charge is -2.08. The molecule has 0 fully saturated rings. The summed E-state index contributed by atoms with van der Waals surface area (Å²) in [6.45, 7) is 2.54.